The highest BCUT2D eigenvalue weighted by Gasteiger charge is 2.35. The lowest BCUT2D eigenvalue weighted by Gasteiger charge is -2.43. The minimum atomic E-state index is -4.25. The molecule has 1 saturated heterocycles. The van der Waals surface area contributed by atoms with E-state index < -0.39 is 12.8 Å². The van der Waals surface area contributed by atoms with E-state index in [1.807, 2.05) is 0 Å². The number of hydrogen-bond donors (Lipinski definition) is 1. The molecule has 2 fully saturated rings. The molecular weight excluding hydrogens is 283 g/mol. The van der Waals surface area contributed by atoms with E-state index in [-0.39, 0.29) is 18.6 Å². The van der Waals surface area contributed by atoms with Crippen LogP contribution in [0, 0.1) is 5.92 Å². The summed E-state index contributed by atoms with van der Waals surface area (Å²) in [7, 11) is 0. The molecular formula is C15H26F3NO2. The third kappa shape index (κ3) is 5.42. The van der Waals surface area contributed by atoms with E-state index in [1.165, 1.54) is 0 Å². The monoisotopic (exact) mass is 309 g/mol. The molecule has 3 unspecified atom stereocenters. The molecule has 1 saturated carbocycles. The van der Waals surface area contributed by atoms with Gasteiger partial charge in [0.1, 0.15) is 6.61 Å². The summed E-state index contributed by atoms with van der Waals surface area (Å²) in [5.74, 6) is 0.279. The molecule has 0 spiro atoms. The third-order valence-electron chi connectivity index (χ3n) is 4.73. The van der Waals surface area contributed by atoms with Crippen LogP contribution in [0.25, 0.3) is 0 Å². The molecule has 21 heavy (non-hydrogen) atoms. The van der Waals surface area contributed by atoms with Crippen molar-refractivity contribution in [3.8, 4) is 0 Å². The van der Waals surface area contributed by atoms with Crippen molar-refractivity contribution in [2.75, 3.05) is 26.3 Å². The highest BCUT2D eigenvalue weighted by molar-refractivity contribution is 4.88. The Morgan fingerprint density at radius 3 is 2.48 bits per heavy atom. The summed E-state index contributed by atoms with van der Waals surface area (Å²) in [6.45, 7) is 0.379. The van der Waals surface area contributed by atoms with Crippen molar-refractivity contribution in [1.29, 1.82) is 0 Å². The van der Waals surface area contributed by atoms with Gasteiger partial charge in [-0.05, 0) is 32.2 Å². The van der Waals surface area contributed by atoms with E-state index in [2.05, 4.69) is 4.90 Å². The molecule has 1 aliphatic carbocycles. The summed E-state index contributed by atoms with van der Waals surface area (Å²) in [4.78, 5) is 2.24. The number of nitrogens with zero attached hydrogens (tertiary/aromatic N) is 1. The van der Waals surface area contributed by atoms with Gasteiger partial charge in [0.15, 0.2) is 0 Å². The van der Waals surface area contributed by atoms with Crippen LogP contribution in [0.1, 0.15) is 44.9 Å². The molecule has 0 aromatic rings. The second-order valence-electron chi connectivity index (χ2n) is 6.28. The lowest BCUT2D eigenvalue weighted by molar-refractivity contribution is -0.175. The molecule has 2 rings (SSSR count). The van der Waals surface area contributed by atoms with Crippen molar-refractivity contribution in [2.24, 2.45) is 5.92 Å². The van der Waals surface area contributed by atoms with E-state index >= 15 is 0 Å². The number of rotatable bonds is 5. The van der Waals surface area contributed by atoms with Crippen LogP contribution in [0.2, 0.25) is 0 Å². The summed E-state index contributed by atoms with van der Waals surface area (Å²) < 4.78 is 40.9. The Labute approximate surface area is 124 Å². The Morgan fingerprint density at radius 2 is 1.76 bits per heavy atom. The number of ether oxygens (including phenoxy) is 1. The molecule has 3 atom stereocenters. The maximum absolute atomic E-state index is 12.1. The maximum Gasteiger partial charge on any atom is 0.411 e. The van der Waals surface area contributed by atoms with Crippen molar-refractivity contribution in [1.82, 2.24) is 4.90 Å². The minimum Gasteiger partial charge on any atom is -0.393 e. The molecule has 1 aliphatic heterocycles. The number of aliphatic hydroxyl groups is 1. The zero-order valence-corrected chi connectivity index (χ0v) is 12.4. The van der Waals surface area contributed by atoms with Crippen molar-refractivity contribution in [3.63, 3.8) is 0 Å². The molecule has 0 radical (unpaired) electrons. The Bertz CT molecular complexity index is 312. The fourth-order valence-electron chi connectivity index (χ4n) is 3.74. The smallest absolute Gasteiger partial charge is 0.393 e. The van der Waals surface area contributed by atoms with Gasteiger partial charge in [0.2, 0.25) is 0 Å². The quantitative estimate of drug-likeness (QED) is 0.793. The number of halogens is 3. The Morgan fingerprint density at radius 1 is 1.05 bits per heavy atom. The fourth-order valence-corrected chi connectivity index (χ4v) is 3.74. The lowest BCUT2D eigenvalue weighted by Crippen LogP contribution is -2.49. The number of hydrogen-bond acceptors (Lipinski definition) is 3. The molecule has 1 heterocycles. The van der Waals surface area contributed by atoms with E-state index in [0.717, 1.165) is 51.5 Å². The summed E-state index contributed by atoms with van der Waals surface area (Å²) in [5.41, 5.74) is 0. The van der Waals surface area contributed by atoms with Crippen molar-refractivity contribution in [3.05, 3.63) is 0 Å². The van der Waals surface area contributed by atoms with E-state index in [9.17, 15) is 18.3 Å². The number of piperidine rings is 1. The second kappa shape index (κ2) is 7.79. The van der Waals surface area contributed by atoms with Crippen molar-refractivity contribution >= 4 is 0 Å². The molecule has 6 heteroatoms. The average molecular weight is 309 g/mol. The third-order valence-corrected chi connectivity index (χ3v) is 4.73. The Balaban J connectivity index is 1.81. The summed E-state index contributed by atoms with van der Waals surface area (Å²) in [6, 6.07) is 0.309. The molecule has 124 valence electrons. The molecule has 3 nitrogen and oxygen atoms in total. The van der Waals surface area contributed by atoms with E-state index in [0.29, 0.717) is 12.6 Å². The van der Waals surface area contributed by atoms with Gasteiger partial charge in [0.25, 0.3) is 0 Å². The highest BCUT2D eigenvalue weighted by atomic mass is 19.4. The maximum atomic E-state index is 12.1. The van der Waals surface area contributed by atoms with E-state index in [1.54, 1.807) is 0 Å². The van der Waals surface area contributed by atoms with Gasteiger partial charge in [-0.2, -0.15) is 13.2 Å². The molecule has 2 aliphatic rings. The minimum absolute atomic E-state index is 0.110. The Hall–Kier alpha value is -0.330. The van der Waals surface area contributed by atoms with E-state index in [4.69, 9.17) is 4.74 Å². The SMILES string of the molecule is OC1CCCCC1C1CCCCN1CCOCC(F)(F)F. The van der Waals surface area contributed by atoms with Gasteiger partial charge in [0, 0.05) is 18.5 Å². The van der Waals surface area contributed by atoms with Crippen molar-refractivity contribution in [2.45, 2.75) is 63.3 Å². The highest BCUT2D eigenvalue weighted by Crippen LogP contribution is 2.33. The van der Waals surface area contributed by atoms with Crippen LogP contribution in [0.4, 0.5) is 13.2 Å². The largest absolute Gasteiger partial charge is 0.411 e. The predicted octanol–water partition coefficient (Wildman–Crippen LogP) is 2.97. The number of likely N-dealkylation sites (tertiary alicyclic amines) is 1. The van der Waals surface area contributed by atoms with Gasteiger partial charge in [-0.3, -0.25) is 4.90 Å². The van der Waals surface area contributed by atoms with Gasteiger partial charge in [0.05, 0.1) is 12.7 Å². The molecule has 0 aromatic heterocycles. The first-order valence-corrected chi connectivity index (χ1v) is 8.04. The zero-order valence-electron chi connectivity index (χ0n) is 12.4. The zero-order chi connectivity index (χ0) is 15.3. The fraction of sp³-hybridized carbons (Fsp3) is 1.00. The van der Waals surface area contributed by atoms with Crippen LogP contribution < -0.4 is 0 Å². The summed E-state index contributed by atoms with van der Waals surface area (Å²) in [5, 5.41) is 10.2. The summed E-state index contributed by atoms with van der Waals surface area (Å²) >= 11 is 0. The normalized spacial score (nSPS) is 32.3. The van der Waals surface area contributed by atoms with Crippen LogP contribution in [0.15, 0.2) is 0 Å². The second-order valence-corrected chi connectivity index (χ2v) is 6.28. The van der Waals surface area contributed by atoms with Crippen molar-refractivity contribution < 1.29 is 23.0 Å². The standard InChI is InChI=1S/C15H26F3NO2/c16-15(17,18)11-21-10-9-19-8-4-3-6-13(19)12-5-1-2-7-14(12)20/h12-14,20H,1-11H2. The van der Waals surface area contributed by atoms with Crippen LogP contribution in [0.3, 0.4) is 0 Å². The van der Waals surface area contributed by atoms with Crippen LogP contribution in [0.5, 0.6) is 0 Å². The van der Waals surface area contributed by atoms with Gasteiger partial charge in [-0.1, -0.05) is 19.3 Å². The van der Waals surface area contributed by atoms with Crippen LogP contribution in [-0.4, -0.2) is 54.6 Å². The molecule has 0 amide bonds. The first-order chi connectivity index (χ1) is 9.97. The van der Waals surface area contributed by atoms with Gasteiger partial charge in [-0.15, -0.1) is 0 Å². The van der Waals surface area contributed by atoms with Crippen LogP contribution >= 0.6 is 0 Å². The molecule has 0 bridgehead atoms. The lowest BCUT2D eigenvalue weighted by atomic mass is 9.78. The number of alkyl halides is 3. The first-order valence-electron chi connectivity index (χ1n) is 8.04. The first kappa shape index (κ1) is 17.0. The number of aliphatic hydroxyl groups excluding tert-OH is 1. The van der Waals surface area contributed by atoms with Gasteiger partial charge < -0.3 is 9.84 Å². The van der Waals surface area contributed by atoms with Gasteiger partial charge >= 0.3 is 6.18 Å². The summed E-state index contributed by atoms with van der Waals surface area (Å²) in [6.07, 6.45) is 2.90. The average Bonchev–Trinajstić information content (AvgIpc) is 2.44. The topological polar surface area (TPSA) is 32.7 Å². The predicted molar refractivity (Wildman–Crippen MR) is 74.1 cm³/mol. The van der Waals surface area contributed by atoms with Crippen LogP contribution in [-0.2, 0) is 4.74 Å². The molecule has 0 aromatic carbocycles. The molecule has 1 N–H and O–H groups in total. The van der Waals surface area contributed by atoms with Gasteiger partial charge in [-0.25, -0.2) is 0 Å². The Kier molecular flexibility index (Phi) is 6.32.